The fraction of sp³-hybridized carbons (Fsp3) is 0.400. The smallest absolute Gasteiger partial charge is 0.416 e. The van der Waals surface area contributed by atoms with Gasteiger partial charge < -0.3 is 14.0 Å². The van der Waals surface area contributed by atoms with Crippen molar-refractivity contribution in [3.8, 4) is 11.8 Å². The van der Waals surface area contributed by atoms with Gasteiger partial charge in [-0.15, -0.1) is 0 Å². The van der Waals surface area contributed by atoms with Crippen LogP contribution in [0.15, 0.2) is 48.7 Å². The number of carbonyl (C=O) groups excluding carboxylic acids is 3. The molecule has 1 aliphatic carbocycles. The number of aryl methyl sites for hydroxylation is 2. The lowest BCUT2D eigenvalue weighted by molar-refractivity contribution is -0.144. The Morgan fingerprint density at radius 1 is 1.08 bits per heavy atom. The minimum absolute atomic E-state index is 0.0189. The predicted molar refractivity (Wildman–Crippen MR) is 143 cm³/mol. The number of aromatic nitrogens is 1. The fourth-order valence-electron chi connectivity index (χ4n) is 5.04. The molecule has 0 N–H and O–H groups in total. The molecule has 0 atom stereocenters. The lowest BCUT2D eigenvalue weighted by Gasteiger charge is -2.32. The van der Waals surface area contributed by atoms with E-state index in [-0.39, 0.29) is 25.0 Å². The van der Waals surface area contributed by atoms with E-state index in [0.29, 0.717) is 35.1 Å². The molecule has 0 radical (unpaired) electrons. The van der Waals surface area contributed by atoms with Crippen LogP contribution in [0, 0.1) is 11.3 Å². The third-order valence-electron chi connectivity index (χ3n) is 7.05. The zero-order valence-corrected chi connectivity index (χ0v) is 21.9. The number of ketones is 1. The summed E-state index contributed by atoms with van der Waals surface area (Å²) in [5.74, 6) is -0.155. The first-order valence-corrected chi connectivity index (χ1v) is 13.1. The molecule has 1 saturated carbocycles. The van der Waals surface area contributed by atoms with Crippen LogP contribution in [0.2, 0.25) is 0 Å². The number of hydrogen-bond acceptors (Lipinski definition) is 6. The number of esters is 1. The van der Waals surface area contributed by atoms with Crippen molar-refractivity contribution in [1.82, 2.24) is 9.47 Å². The maximum atomic E-state index is 13.2. The third-order valence-corrected chi connectivity index (χ3v) is 7.05. The normalized spacial score (nSPS) is 13.6. The molecule has 38 heavy (non-hydrogen) atoms. The Hall–Kier alpha value is -4.12. The molecule has 3 aromatic rings. The number of nitrogens with zero attached hydrogens (tertiary/aromatic N) is 3. The summed E-state index contributed by atoms with van der Waals surface area (Å²) in [5, 5.41) is 9.68. The topological polar surface area (TPSA) is 102 Å². The van der Waals surface area contributed by atoms with E-state index in [1.54, 1.807) is 37.4 Å². The number of amides is 1. The van der Waals surface area contributed by atoms with Gasteiger partial charge in [0.1, 0.15) is 12.3 Å². The van der Waals surface area contributed by atoms with Gasteiger partial charge in [-0.05, 0) is 62.1 Å². The molecule has 1 aliphatic rings. The minimum atomic E-state index is -0.589. The van der Waals surface area contributed by atoms with Gasteiger partial charge in [0.25, 0.3) is 0 Å². The quantitative estimate of drug-likeness (QED) is 0.273. The Morgan fingerprint density at radius 3 is 2.50 bits per heavy atom. The lowest BCUT2D eigenvalue weighted by atomic mass is 9.94. The number of benzene rings is 2. The maximum absolute atomic E-state index is 13.2. The average molecular weight is 516 g/mol. The van der Waals surface area contributed by atoms with Gasteiger partial charge in [0.15, 0.2) is 5.78 Å². The van der Waals surface area contributed by atoms with Crippen molar-refractivity contribution in [2.45, 2.75) is 57.9 Å². The molecule has 1 fully saturated rings. The van der Waals surface area contributed by atoms with E-state index in [1.165, 1.54) is 4.90 Å². The molecule has 4 rings (SSSR count). The van der Waals surface area contributed by atoms with E-state index < -0.39 is 12.1 Å². The number of ether oxygens (including phenoxy) is 2. The van der Waals surface area contributed by atoms with Gasteiger partial charge in [0.05, 0.1) is 18.2 Å². The van der Waals surface area contributed by atoms with E-state index in [2.05, 4.69) is 6.07 Å². The van der Waals surface area contributed by atoms with Gasteiger partial charge in [-0.1, -0.05) is 31.4 Å². The van der Waals surface area contributed by atoms with Crippen molar-refractivity contribution >= 4 is 28.7 Å². The van der Waals surface area contributed by atoms with Crippen molar-refractivity contribution in [2.75, 3.05) is 13.2 Å². The third kappa shape index (κ3) is 6.41. The van der Waals surface area contributed by atoms with Crippen molar-refractivity contribution in [3.63, 3.8) is 0 Å². The van der Waals surface area contributed by atoms with Crippen molar-refractivity contribution in [1.29, 1.82) is 5.26 Å². The number of Topliss-reactive ketones (excluding diaryl/α,β-unsaturated/α-hetero) is 1. The van der Waals surface area contributed by atoms with Crippen LogP contribution in [-0.2, 0) is 23.0 Å². The highest BCUT2D eigenvalue weighted by Crippen LogP contribution is 2.28. The molecular formula is C30H33N3O5. The van der Waals surface area contributed by atoms with E-state index in [0.717, 1.165) is 43.2 Å². The van der Waals surface area contributed by atoms with Crippen LogP contribution in [0.3, 0.4) is 0 Å². The zero-order valence-electron chi connectivity index (χ0n) is 21.9. The number of hydrogen-bond donors (Lipinski definition) is 0. The van der Waals surface area contributed by atoms with Crippen molar-refractivity contribution in [2.24, 2.45) is 7.05 Å². The van der Waals surface area contributed by atoms with Crippen LogP contribution in [-0.4, -0.2) is 46.5 Å². The molecule has 1 aromatic heterocycles. The van der Waals surface area contributed by atoms with Gasteiger partial charge in [-0.25, -0.2) is 4.79 Å². The maximum Gasteiger partial charge on any atom is 0.416 e. The Kier molecular flexibility index (Phi) is 8.80. The van der Waals surface area contributed by atoms with E-state index in [1.807, 2.05) is 29.8 Å². The summed E-state index contributed by atoms with van der Waals surface area (Å²) < 4.78 is 12.7. The molecule has 2 aromatic carbocycles. The summed E-state index contributed by atoms with van der Waals surface area (Å²) in [6.45, 7) is 1.84. The summed E-state index contributed by atoms with van der Waals surface area (Å²) >= 11 is 0. The summed E-state index contributed by atoms with van der Waals surface area (Å²) in [6, 6.07) is 14.5. The Labute approximate surface area is 222 Å². The summed E-state index contributed by atoms with van der Waals surface area (Å²) in [6.07, 6.45) is 6.84. The van der Waals surface area contributed by atoms with Gasteiger partial charge >= 0.3 is 12.1 Å². The standard InChI is InChI=1S/C30H33N3O5/c1-3-37-29(35)20-33(23-7-5-4-6-8-23)30(36)38-24-14-15-27-25(17-24)26(19-32(27)2)28(34)16-13-21-9-11-22(18-31)12-10-21/h9-12,14-15,17,19,23H,3-8,13,16,20H2,1-2H3. The molecule has 198 valence electrons. The highest BCUT2D eigenvalue weighted by atomic mass is 16.6. The molecule has 1 heterocycles. The highest BCUT2D eigenvalue weighted by Gasteiger charge is 2.29. The van der Waals surface area contributed by atoms with Crippen molar-refractivity contribution < 1.29 is 23.9 Å². The second-order valence-corrected chi connectivity index (χ2v) is 9.66. The molecule has 0 spiro atoms. The number of carbonyl (C=O) groups is 3. The fourth-order valence-corrected chi connectivity index (χ4v) is 5.04. The van der Waals surface area contributed by atoms with E-state index in [4.69, 9.17) is 14.7 Å². The molecule has 0 unspecified atom stereocenters. The van der Waals surface area contributed by atoms with E-state index >= 15 is 0 Å². The molecule has 0 saturated heterocycles. The number of fused-ring (bicyclic) bond motifs is 1. The summed E-state index contributed by atoms with van der Waals surface area (Å²) in [4.78, 5) is 40.1. The first-order chi connectivity index (χ1) is 18.4. The van der Waals surface area contributed by atoms with Crippen LogP contribution in [0.1, 0.15) is 66.9 Å². The number of nitriles is 1. The van der Waals surface area contributed by atoms with Gasteiger partial charge in [0.2, 0.25) is 0 Å². The number of rotatable bonds is 9. The largest absolute Gasteiger partial charge is 0.465 e. The SMILES string of the molecule is CCOC(=O)CN(C(=O)Oc1ccc2c(c1)c(C(=O)CCc1ccc(C#N)cc1)cn2C)C1CCCCC1. The minimum Gasteiger partial charge on any atom is -0.465 e. The van der Waals surface area contributed by atoms with Gasteiger partial charge in [0, 0.05) is 42.2 Å². The van der Waals surface area contributed by atoms with E-state index in [9.17, 15) is 14.4 Å². The summed E-state index contributed by atoms with van der Waals surface area (Å²) in [5.41, 5.74) is 2.98. The lowest BCUT2D eigenvalue weighted by Crippen LogP contribution is -2.46. The van der Waals surface area contributed by atoms with Crippen molar-refractivity contribution in [3.05, 3.63) is 65.4 Å². The molecule has 1 amide bonds. The molecule has 0 aliphatic heterocycles. The van der Waals surface area contributed by atoms with Crippen LogP contribution >= 0.6 is 0 Å². The van der Waals surface area contributed by atoms with Crippen LogP contribution in [0.4, 0.5) is 4.79 Å². The first-order valence-electron chi connectivity index (χ1n) is 13.1. The second-order valence-electron chi connectivity index (χ2n) is 9.66. The van der Waals surface area contributed by atoms with Crippen LogP contribution < -0.4 is 4.74 Å². The molecule has 8 nitrogen and oxygen atoms in total. The Bertz CT molecular complexity index is 1350. The molecular weight excluding hydrogens is 482 g/mol. The average Bonchev–Trinajstić information content (AvgIpc) is 3.26. The van der Waals surface area contributed by atoms with Gasteiger partial charge in [-0.2, -0.15) is 5.26 Å². The van der Waals surface area contributed by atoms with Gasteiger partial charge in [-0.3, -0.25) is 14.5 Å². The van der Waals surface area contributed by atoms with Crippen LogP contribution in [0.5, 0.6) is 5.75 Å². The molecule has 8 heteroatoms. The Balaban J connectivity index is 1.51. The highest BCUT2D eigenvalue weighted by molar-refractivity contribution is 6.08. The molecule has 0 bridgehead atoms. The second kappa shape index (κ2) is 12.4. The monoisotopic (exact) mass is 515 g/mol. The zero-order chi connectivity index (χ0) is 27.1. The first kappa shape index (κ1) is 26.9. The van der Waals surface area contributed by atoms with Crippen LogP contribution in [0.25, 0.3) is 10.9 Å². The summed E-state index contributed by atoms with van der Waals surface area (Å²) in [7, 11) is 1.87. The Morgan fingerprint density at radius 2 is 1.82 bits per heavy atom. The predicted octanol–water partition coefficient (Wildman–Crippen LogP) is 5.56.